The van der Waals surface area contributed by atoms with E-state index in [2.05, 4.69) is 17.2 Å². The smallest absolute Gasteiger partial charge is 0.272 e. The number of nitrogens with one attached hydrogen (secondary N) is 2. The Balaban J connectivity index is 2.94. The minimum atomic E-state index is -0.114. The number of carbonyl (C=O) groups excluding carboxylic acids is 1. The van der Waals surface area contributed by atoms with Crippen LogP contribution in [0.1, 0.15) is 49.4 Å². The molecule has 0 atom stereocenters. The van der Waals surface area contributed by atoms with Gasteiger partial charge in [0.1, 0.15) is 5.69 Å². The normalized spacial score (nSPS) is 12.5. The lowest BCUT2D eigenvalue weighted by Gasteiger charge is -2.03. The molecular formula is C16H22N2O. The maximum Gasteiger partial charge on any atom is 0.272 e. The first kappa shape index (κ1) is 15.0. The Morgan fingerprint density at radius 2 is 2.05 bits per heavy atom. The highest BCUT2D eigenvalue weighted by Gasteiger charge is 2.11. The first-order valence-electron chi connectivity index (χ1n) is 6.61. The summed E-state index contributed by atoms with van der Waals surface area (Å²) in [6, 6.07) is 1.91. The third-order valence-electron chi connectivity index (χ3n) is 2.81. The number of aryl methyl sites for hydroxylation is 1. The molecule has 0 bridgehead atoms. The highest BCUT2D eigenvalue weighted by molar-refractivity contribution is 5.94. The van der Waals surface area contributed by atoms with Gasteiger partial charge in [-0.15, -0.1) is 0 Å². The number of aromatic amines is 1. The Hall–Kier alpha value is -2.03. The van der Waals surface area contributed by atoms with Crippen LogP contribution in [0.25, 0.3) is 6.08 Å². The average Bonchev–Trinajstić information content (AvgIpc) is 2.81. The number of rotatable bonds is 5. The van der Waals surface area contributed by atoms with Gasteiger partial charge in [0.25, 0.3) is 5.91 Å². The molecule has 1 aromatic rings. The van der Waals surface area contributed by atoms with Crippen molar-refractivity contribution >= 4 is 12.0 Å². The van der Waals surface area contributed by atoms with E-state index in [4.69, 9.17) is 0 Å². The fraction of sp³-hybridized carbons (Fsp3) is 0.312. The summed E-state index contributed by atoms with van der Waals surface area (Å²) in [7, 11) is 0. The molecule has 3 nitrogen and oxygen atoms in total. The zero-order valence-corrected chi connectivity index (χ0v) is 12.1. The van der Waals surface area contributed by atoms with Crippen LogP contribution in [-0.4, -0.2) is 10.9 Å². The monoisotopic (exact) mass is 258 g/mol. The maximum atomic E-state index is 12.1. The molecule has 1 rings (SSSR count). The second kappa shape index (κ2) is 7.41. The SMILES string of the molecule is CC=CC(=CC)NC(=O)c1cc(CC)c(C=CC)[nH]1. The molecule has 2 N–H and O–H groups in total. The third-order valence-corrected chi connectivity index (χ3v) is 2.81. The van der Waals surface area contributed by atoms with E-state index in [-0.39, 0.29) is 5.91 Å². The zero-order chi connectivity index (χ0) is 14.3. The van der Waals surface area contributed by atoms with Crippen LogP contribution in [0, 0.1) is 0 Å². The van der Waals surface area contributed by atoms with Crippen LogP contribution < -0.4 is 5.32 Å². The van der Waals surface area contributed by atoms with Gasteiger partial charge in [-0.2, -0.15) is 0 Å². The summed E-state index contributed by atoms with van der Waals surface area (Å²) in [6.45, 7) is 7.86. The molecule has 0 radical (unpaired) electrons. The Bertz CT molecular complexity index is 519. The van der Waals surface area contributed by atoms with Crippen molar-refractivity contribution in [2.75, 3.05) is 0 Å². The molecule has 0 aliphatic carbocycles. The standard InChI is InChI=1S/C16H22N2O/c1-5-9-13(8-4)17-16(19)15-11-12(7-3)14(18-15)10-6-2/h5-6,8-11,18H,7H2,1-4H3,(H,17,19). The van der Waals surface area contributed by atoms with Crippen LogP contribution >= 0.6 is 0 Å². The molecule has 1 heterocycles. The largest absolute Gasteiger partial charge is 0.351 e. The third kappa shape index (κ3) is 3.98. The van der Waals surface area contributed by atoms with Gasteiger partial charge in [-0.25, -0.2) is 0 Å². The predicted octanol–water partition coefficient (Wildman–Crippen LogP) is 3.82. The van der Waals surface area contributed by atoms with Crippen molar-refractivity contribution in [2.45, 2.75) is 34.1 Å². The van der Waals surface area contributed by atoms with Crippen molar-refractivity contribution in [3.05, 3.63) is 53.0 Å². The molecule has 1 amide bonds. The first-order chi connectivity index (χ1) is 9.15. The molecule has 0 unspecified atom stereocenters. The number of H-pyrrole nitrogens is 1. The highest BCUT2D eigenvalue weighted by atomic mass is 16.1. The van der Waals surface area contributed by atoms with Gasteiger partial charge < -0.3 is 10.3 Å². The van der Waals surface area contributed by atoms with Crippen LogP contribution in [0.2, 0.25) is 0 Å². The Morgan fingerprint density at radius 3 is 2.58 bits per heavy atom. The van der Waals surface area contributed by atoms with Crippen LogP contribution in [0.4, 0.5) is 0 Å². The molecule has 0 aliphatic rings. The second-order valence-electron chi connectivity index (χ2n) is 4.17. The fourth-order valence-electron chi connectivity index (χ4n) is 1.83. The highest BCUT2D eigenvalue weighted by Crippen LogP contribution is 2.14. The maximum absolute atomic E-state index is 12.1. The summed E-state index contributed by atoms with van der Waals surface area (Å²) in [5.74, 6) is -0.114. The van der Waals surface area contributed by atoms with E-state index in [1.54, 1.807) is 0 Å². The van der Waals surface area contributed by atoms with Crippen molar-refractivity contribution in [2.24, 2.45) is 0 Å². The van der Waals surface area contributed by atoms with E-state index in [0.717, 1.165) is 23.4 Å². The van der Waals surface area contributed by atoms with E-state index >= 15 is 0 Å². The van der Waals surface area contributed by atoms with Crippen molar-refractivity contribution in [1.29, 1.82) is 0 Å². The van der Waals surface area contributed by atoms with E-state index in [1.807, 2.05) is 57.2 Å². The molecule has 1 aromatic heterocycles. The minimum absolute atomic E-state index is 0.114. The number of hydrogen-bond acceptors (Lipinski definition) is 1. The lowest BCUT2D eigenvalue weighted by Crippen LogP contribution is -2.22. The number of carbonyl (C=O) groups is 1. The Kier molecular flexibility index (Phi) is 5.86. The molecule has 0 saturated heterocycles. The molecule has 0 spiro atoms. The lowest BCUT2D eigenvalue weighted by molar-refractivity contribution is 0.0962. The number of amides is 1. The molecule has 0 aliphatic heterocycles. The van der Waals surface area contributed by atoms with Gasteiger partial charge in [0.15, 0.2) is 0 Å². The predicted molar refractivity (Wildman–Crippen MR) is 80.9 cm³/mol. The van der Waals surface area contributed by atoms with Gasteiger partial charge >= 0.3 is 0 Å². The van der Waals surface area contributed by atoms with E-state index in [1.165, 1.54) is 0 Å². The summed E-state index contributed by atoms with van der Waals surface area (Å²) >= 11 is 0. The van der Waals surface area contributed by atoms with Crippen LogP contribution in [0.5, 0.6) is 0 Å². The van der Waals surface area contributed by atoms with Gasteiger partial charge in [-0.05, 0) is 51.0 Å². The summed E-state index contributed by atoms with van der Waals surface area (Å²) in [5, 5.41) is 2.87. The Labute approximate surface area is 115 Å². The van der Waals surface area contributed by atoms with Crippen molar-refractivity contribution in [3.8, 4) is 0 Å². The number of hydrogen-bond donors (Lipinski definition) is 2. The summed E-state index contributed by atoms with van der Waals surface area (Å²) in [4.78, 5) is 15.3. The van der Waals surface area contributed by atoms with Crippen molar-refractivity contribution in [3.63, 3.8) is 0 Å². The van der Waals surface area contributed by atoms with Crippen LogP contribution in [0.15, 0.2) is 36.1 Å². The molecule has 3 heteroatoms. The Morgan fingerprint density at radius 1 is 1.32 bits per heavy atom. The summed E-state index contributed by atoms with van der Waals surface area (Å²) < 4.78 is 0. The molecule has 0 aromatic carbocycles. The number of allylic oxidation sites excluding steroid dienone is 4. The van der Waals surface area contributed by atoms with Gasteiger partial charge in [0.05, 0.1) is 0 Å². The van der Waals surface area contributed by atoms with E-state index in [9.17, 15) is 4.79 Å². The molecule has 0 saturated carbocycles. The van der Waals surface area contributed by atoms with Crippen molar-refractivity contribution in [1.82, 2.24) is 10.3 Å². The zero-order valence-electron chi connectivity index (χ0n) is 12.1. The summed E-state index contributed by atoms with van der Waals surface area (Å²) in [6.07, 6.45) is 10.5. The minimum Gasteiger partial charge on any atom is -0.351 e. The fourth-order valence-corrected chi connectivity index (χ4v) is 1.83. The molecule has 102 valence electrons. The van der Waals surface area contributed by atoms with Crippen LogP contribution in [-0.2, 0) is 6.42 Å². The molecule has 0 fully saturated rings. The lowest BCUT2D eigenvalue weighted by atomic mass is 10.2. The van der Waals surface area contributed by atoms with Gasteiger partial charge in [0, 0.05) is 11.4 Å². The average molecular weight is 258 g/mol. The molecular weight excluding hydrogens is 236 g/mol. The quantitative estimate of drug-likeness (QED) is 0.775. The van der Waals surface area contributed by atoms with Crippen LogP contribution in [0.3, 0.4) is 0 Å². The van der Waals surface area contributed by atoms with Gasteiger partial charge in [0.2, 0.25) is 0 Å². The van der Waals surface area contributed by atoms with Gasteiger partial charge in [-0.1, -0.05) is 25.2 Å². The second-order valence-corrected chi connectivity index (χ2v) is 4.17. The first-order valence-corrected chi connectivity index (χ1v) is 6.61. The van der Waals surface area contributed by atoms with E-state index in [0.29, 0.717) is 5.69 Å². The van der Waals surface area contributed by atoms with Crippen molar-refractivity contribution < 1.29 is 4.79 Å². The van der Waals surface area contributed by atoms with Gasteiger partial charge in [-0.3, -0.25) is 4.79 Å². The topological polar surface area (TPSA) is 44.9 Å². The van der Waals surface area contributed by atoms with E-state index < -0.39 is 0 Å². The summed E-state index contributed by atoms with van der Waals surface area (Å²) in [5.41, 5.74) is 3.54. The number of aromatic nitrogens is 1. The molecule has 19 heavy (non-hydrogen) atoms.